The third-order valence-corrected chi connectivity index (χ3v) is 9.62. The molecule has 6 aromatic rings. The van der Waals surface area contributed by atoms with Crippen molar-refractivity contribution >= 4 is 54.1 Å². The topological polar surface area (TPSA) is 102 Å². The van der Waals surface area contributed by atoms with Crippen molar-refractivity contribution in [3.05, 3.63) is 90.0 Å². The monoisotopic (exact) mass is 633 g/mol. The molecule has 0 radical (unpaired) electrons. The summed E-state index contributed by atoms with van der Waals surface area (Å²) in [5.74, 6) is -0.582. The maximum atomic E-state index is 14.5. The van der Waals surface area contributed by atoms with Crippen molar-refractivity contribution < 1.29 is 31.1 Å². The number of halogens is 2. The first kappa shape index (κ1) is 29.3. The number of carbonyl (C=O) groups is 1. The van der Waals surface area contributed by atoms with Crippen LogP contribution in [0.3, 0.4) is 0 Å². The third-order valence-electron chi connectivity index (χ3n) is 7.31. The quantitative estimate of drug-likeness (QED) is 0.202. The smallest absolute Gasteiger partial charge is 0.255 e. The largest absolute Gasteiger partial charge is 0.496 e. The summed E-state index contributed by atoms with van der Waals surface area (Å²) in [7, 11) is 0.680. The Morgan fingerprint density at radius 2 is 1.73 bits per heavy atom. The highest BCUT2D eigenvalue weighted by molar-refractivity contribution is 7.92. The number of sulfonamides is 1. The van der Waals surface area contributed by atoms with E-state index < -0.39 is 21.7 Å². The van der Waals surface area contributed by atoms with Crippen molar-refractivity contribution in [1.29, 1.82) is 0 Å². The van der Waals surface area contributed by atoms with E-state index in [1.54, 1.807) is 42.5 Å². The minimum atomic E-state index is -3.74. The lowest BCUT2D eigenvalue weighted by molar-refractivity contribution is 0.0964. The number of thiazole rings is 1. The lowest BCUT2D eigenvalue weighted by Crippen LogP contribution is -2.25. The van der Waals surface area contributed by atoms with Crippen molar-refractivity contribution in [2.45, 2.75) is 0 Å². The average Bonchev–Trinajstić information content (AvgIpc) is 3.62. The van der Waals surface area contributed by atoms with Gasteiger partial charge in [0.25, 0.3) is 5.91 Å². The first-order valence-electron chi connectivity index (χ1n) is 13.3. The van der Waals surface area contributed by atoms with E-state index in [4.69, 9.17) is 9.15 Å². The summed E-state index contributed by atoms with van der Waals surface area (Å²) in [5, 5.41) is 3.56. The molecule has 0 spiro atoms. The number of carbonyl (C=O) groups excluding carboxylic acids is 1. The van der Waals surface area contributed by atoms with Gasteiger partial charge in [-0.25, -0.2) is 22.2 Å². The van der Waals surface area contributed by atoms with Gasteiger partial charge in [0.2, 0.25) is 10.0 Å². The van der Waals surface area contributed by atoms with Crippen LogP contribution in [-0.2, 0) is 10.0 Å². The second-order valence-electron chi connectivity index (χ2n) is 10.0. The molecule has 2 heterocycles. The molecule has 0 aliphatic rings. The van der Waals surface area contributed by atoms with Crippen LogP contribution in [0.1, 0.15) is 10.4 Å². The molecule has 0 fully saturated rings. The molecule has 1 N–H and O–H groups in total. The number of aromatic nitrogens is 1. The Kier molecular flexibility index (Phi) is 7.34. The molecule has 0 saturated heterocycles. The maximum Gasteiger partial charge on any atom is 0.255 e. The van der Waals surface area contributed by atoms with E-state index in [0.717, 1.165) is 10.6 Å². The predicted octanol–water partition coefficient (Wildman–Crippen LogP) is 7.09. The minimum Gasteiger partial charge on any atom is -0.496 e. The number of hydrogen-bond donors (Lipinski definition) is 1. The van der Waals surface area contributed by atoms with Crippen molar-refractivity contribution in [2.24, 2.45) is 0 Å². The second kappa shape index (κ2) is 11.0. The van der Waals surface area contributed by atoms with Crippen LogP contribution in [0, 0.1) is 11.6 Å². The van der Waals surface area contributed by atoms with E-state index in [1.807, 2.05) is 0 Å². The van der Waals surface area contributed by atoms with E-state index in [-0.39, 0.29) is 28.4 Å². The van der Waals surface area contributed by atoms with E-state index in [1.165, 1.54) is 62.9 Å². The molecule has 2 aromatic heterocycles. The fourth-order valence-corrected chi connectivity index (χ4v) is 6.53. The normalized spacial score (nSPS) is 11.7. The van der Waals surface area contributed by atoms with Gasteiger partial charge in [-0.2, -0.15) is 0 Å². The van der Waals surface area contributed by atoms with Gasteiger partial charge in [0, 0.05) is 36.7 Å². The van der Waals surface area contributed by atoms with Crippen molar-refractivity contribution in [3.63, 3.8) is 0 Å². The first-order valence-corrected chi connectivity index (χ1v) is 15.9. The number of hydrogen-bond acceptors (Lipinski definition) is 7. The molecular formula is C32H25F2N3O5S2. The molecule has 0 atom stereocenters. The molecule has 0 unspecified atom stereocenters. The molecule has 4 aromatic carbocycles. The number of methoxy groups -OCH3 is 1. The van der Waals surface area contributed by atoms with Crippen molar-refractivity contribution in [1.82, 2.24) is 10.3 Å². The van der Waals surface area contributed by atoms with Gasteiger partial charge in [0.05, 0.1) is 40.4 Å². The van der Waals surface area contributed by atoms with Gasteiger partial charge in [0.15, 0.2) is 0 Å². The number of nitrogens with zero attached hydrogens (tertiary/aromatic N) is 2. The Bertz CT molecular complexity index is 2190. The second-order valence-corrected chi connectivity index (χ2v) is 13.0. The molecule has 0 saturated carbocycles. The van der Waals surface area contributed by atoms with Crippen LogP contribution in [0.2, 0.25) is 0 Å². The van der Waals surface area contributed by atoms with Gasteiger partial charge < -0.3 is 14.5 Å². The van der Waals surface area contributed by atoms with Crippen LogP contribution in [0.4, 0.5) is 14.5 Å². The zero-order chi connectivity index (χ0) is 31.3. The molecular weight excluding hydrogens is 608 g/mol. The lowest BCUT2D eigenvalue weighted by Gasteiger charge is -2.21. The van der Waals surface area contributed by atoms with Crippen LogP contribution in [-0.4, -0.2) is 46.8 Å². The predicted molar refractivity (Wildman–Crippen MR) is 169 cm³/mol. The Morgan fingerprint density at radius 3 is 2.39 bits per heavy atom. The Hall–Kier alpha value is -4.81. The number of rotatable bonds is 7. The Morgan fingerprint density at radius 1 is 1.00 bits per heavy atom. The van der Waals surface area contributed by atoms with Crippen LogP contribution in [0.25, 0.3) is 54.2 Å². The summed E-state index contributed by atoms with van der Waals surface area (Å²) in [6.07, 6.45) is 1.08. The van der Waals surface area contributed by atoms with E-state index >= 15 is 0 Å². The molecule has 12 heteroatoms. The summed E-state index contributed by atoms with van der Waals surface area (Å²) in [6, 6.07) is 18.7. The highest BCUT2D eigenvalue weighted by atomic mass is 32.2. The van der Waals surface area contributed by atoms with Gasteiger partial charge in [-0.05, 0) is 60.2 Å². The van der Waals surface area contributed by atoms with Gasteiger partial charge in [-0.15, -0.1) is 11.3 Å². The highest BCUT2D eigenvalue weighted by Gasteiger charge is 2.26. The maximum absolute atomic E-state index is 14.5. The van der Waals surface area contributed by atoms with E-state index in [9.17, 15) is 22.0 Å². The van der Waals surface area contributed by atoms with Gasteiger partial charge >= 0.3 is 0 Å². The summed E-state index contributed by atoms with van der Waals surface area (Å²) >= 11 is 1.17. The molecule has 1 amide bonds. The van der Waals surface area contributed by atoms with E-state index in [2.05, 4.69) is 10.3 Å². The summed E-state index contributed by atoms with van der Waals surface area (Å²) < 4.78 is 67.1. The van der Waals surface area contributed by atoms with Crippen LogP contribution in [0.5, 0.6) is 5.75 Å². The van der Waals surface area contributed by atoms with E-state index in [0.29, 0.717) is 48.6 Å². The average molecular weight is 634 g/mol. The molecule has 44 heavy (non-hydrogen) atoms. The number of fused-ring (bicyclic) bond motifs is 2. The minimum absolute atomic E-state index is 0.205. The fraction of sp³-hybridized carbons (Fsp3) is 0.125. The van der Waals surface area contributed by atoms with Crippen molar-refractivity contribution in [3.8, 4) is 38.8 Å². The molecule has 0 aliphatic carbocycles. The fourth-order valence-electron chi connectivity index (χ4n) is 5.03. The van der Waals surface area contributed by atoms with Gasteiger partial charge in [-0.1, -0.05) is 12.1 Å². The molecule has 0 aliphatic heterocycles. The summed E-state index contributed by atoms with van der Waals surface area (Å²) in [4.78, 5) is 17.8. The number of amides is 1. The summed E-state index contributed by atoms with van der Waals surface area (Å²) in [6.45, 7) is 0. The first-order chi connectivity index (χ1) is 21.0. The number of ether oxygens (including phenoxy) is 1. The zero-order valence-corrected chi connectivity index (χ0v) is 25.6. The standard InChI is InChI=1S/C32H25F2N3O5S2/c1-35-31(38)28-21-15-20(18-10-13-26(41-3)22(14-18)32-36-24-7-5-6-23(34)30(24)43-32)25(37(2)44(4,39)40)16-27(21)42-29(28)17-8-11-19(33)12-9-17/h5-16H,1-4H3,(H,35,38). The number of furan rings is 1. The number of nitrogens with one attached hydrogen (secondary N) is 1. The van der Waals surface area contributed by atoms with Gasteiger partial charge in [0.1, 0.15) is 33.7 Å². The Balaban J connectivity index is 1.64. The SMILES string of the molecule is CNC(=O)c1c(-c2ccc(F)cc2)oc2cc(N(C)S(C)(=O)=O)c(-c3ccc(OC)c(-c4nc5cccc(F)c5s4)c3)cc12. The van der Waals surface area contributed by atoms with Crippen LogP contribution >= 0.6 is 11.3 Å². The number of benzene rings is 4. The molecule has 6 rings (SSSR count). The molecule has 8 nitrogen and oxygen atoms in total. The van der Waals surface area contributed by atoms with Crippen LogP contribution in [0.15, 0.2) is 77.2 Å². The number of anilines is 1. The molecule has 224 valence electrons. The lowest BCUT2D eigenvalue weighted by atomic mass is 9.97. The van der Waals surface area contributed by atoms with Crippen LogP contribution < -0.4 is 14.4 Å². The Labute approximate surface area is 255 Å². The summed E-state index contributed by atoms with van der Waals surface area (Å²) in [5.41, 5.74) is 3.35. The highest BCUT2D eigenvalue weighted by Crippen LogP contribution is 2.44. The third kappa shape index (κ3) is 5.05. The zero-order valence-electron chi connectivity index (χ0n) is 23.9. The van der Waals surface area contributed by atoms with Crippen molar-refractivity contribution in [2.75, 3.05) is 31.8 Å². The van der Waals surface area contributed by atoms with Gasteiger partial charge in [-0.3, -0.25) is 9.10 Å². The molecule has 0 bridgehead atoms.